The Morgan fingerprint density at radius 1 is 1.42 bits per heavy atom. The van der Waals surface area contributed by atoms with Gasteiger partial charge >= 0.3 is 0 Å². The molecule has 0 aromatic heterocycles. The van der Waals surface area contributed by atoms with Crippen molar-refractivity contribution < 1.29 is 4.79 Å². The second-order valence-corrected chi connectivity index (χ2v) is 6.42. The van der Waals surface area contributed by atoms with Crippen molar-refractivity contribution >= 4 is 17.5 Å². The van der Waals surface area contributed by atoms with Crippen LogP contribution >= 0.6 is 11.6 Å². The highest BCUT2D eigenvalue weighted by atomic mass is 35.5. The van der Waals surface area contributed by atoms with Gasteiger partial charge in [0.25, 0.3) is 5.91 Å². The van der Waals surface area contributed by atoms with Gasteiger partial charge in [-0.2, -0.15) is 0 Å². The Hall–Kier alpha value is -1.02. The third-order valence-electron chi connectivity index (χ3n) is 4.18. The van der Waals surface area contributed by atoms with Crippen molar-refractivity contribution in [2.45, 2.75) is 45.4 Å². The molecule has 1 aliphatic rings. The lowest BCUT2D eigenvalue weighted by molar-refractivity contribution is 0.0956. The molecule has 0 aliphatic carbocycles. The van der Waals surface area contributed by atoms with Crippen LogP contribution in [0.1, 0.15) is 60.5 Å². The standard InChI is InChI=1S/C16H22ClNO/c1-4-16(2,3)14(17)12-8-7-11-6-5-9-18-15(19)13(11)10-12/h7-8,10,14H,4-6,9H2,1-3H3,(H,18,19). The van der Waals surface area contributed by atoms with Crippen molar-refractivity contribution in [2.75, 3.05) is 6.54 Å². The Bertz CT molecular complexity index is 482. The molecule has 104 valence electrons. The molecular weight excluding hydrogens is 258 g/mol. The average molecular weight is 280 g/mol. The minimum atomic E-state index is -0.0705. The molecule has 3 heteroatoms. The summed E-state index contributed by atoms with van der Waals surface area (Å²) in [5.41, 5.74) is 3.01. The van der Waals surface area contributed by atoms with E-state index in [1.807, 2.05) is 6.07 Å². The molecule has 0 saturated carbocycles. The SMILES string of the molecule is CCC(C)(C)C(Cl)c1ccc2c(c1)C(=O)NCCC2. The number of nitrogens with one attached hydrogen (secondary N) is 1. The predicted molar refractivity (Wildman–Crippen MR) is 79.8 cm³/mol. The monoisotopic (exact) mass is 279 g/mol. The average Bonchev–Trinajstić information content (AvgIpc) is 2.59. The van der Waals surface area contributed by atoms with Crippen molar-refractivity contribution in [1.29, 1.82) is 0 Å². The maximum Gasteiger partial charge on any atom is 0.251 e. The van der Waals surface area contributed by atoms with Crippen molar-refractivity contribution in [3.8, 4) is 0 Å². The quantitative estimate of drug-likeness (QED) is 0.830. The van der Waals surface area contributed by atoms with Crippen LogP contribution in [0.15, 0.2) is 18.2 Å². The van der Waals surface area contributed by atoms with Crippen molar-refractivity contribution in [2.24, 2.45) is 5.41 Å². The number of benzene rings is 1. The zero-order valence-electron chi connectivity index (χ0n) is 11.9. The molecule has 1 heterocycles. The van der Waals surface area contributed by atoms with E-state index >= 15 is 0 Å². The van der Waals surface area contributed by atoms with Crippen molar-refractivity contribution in [3.63, 3.8) is 0 Å². The number of alkyl halides is 1. The fourth-order valence-electron chi connectivity index (χ4n) is 2.39. The molecule has 0 bridgehead atoms. The van der Waals surface area contributed by atoms with Crippen LogP contribution in [0.2, 0.25) is 0 Å². The Labute approximate surface area is 120 Å². The summed E-state index contributed by atoms with van der Waals surface area (Å²) in [6, 6.07) is 6.12. The topological polar surface area (TPSA) is 29.1 Å². The van der Waals surface area contributed by atoms with E-state index < -0.39 is 0 Å². The zero-order valence-corrected chi connectivity index (χ0v) is 12.7. The van der Waals surface area contributed by atoms with Crippen LogP contribution in [-0.2, 0) is 6.42 Å². The lowest BCUT2D eigenvalue weighted by Crippen LogP contribution is -2.23. The smallest absolute Gasteiger partial charge is 0.251 e. The number of amides is 1. The van der Waals surface area contributed by atoms with Gasteiger partial charge in [-0.3, -0.25) is 4.79 Å². The predicted octanol–water partition coefficient (Wildman–Crippen LogP) is 4.08. The third-order valence-corrected chi connectivity index (χ3v) is 5.02. The Morgan fingerprint density at radius 3 is 2.84 bits per heavy atom. The molecule has 0 saturated heterocycles. The summed E-state index contributed by atoms with van der Waals surface area (Å²) < 4.78 is 0. The van der Waals surface area contributed by atoms with Crippen LogP contribution in [0.3, 0.4) is 0 Å². The van der Waals surface area contributed by atoms with Crippen LogP contribution < -0.4 is 5.32 Å². The minimum Gasteiger partial charge on any atom is -0.352 e. The largest absolute Gasteiger partial charge is 0.352 e. The van der Waals surface area contributed by atoms with E-state index in [0.29, 0.717) is 0 Å². The van der Waals surface area contributed by atoms with Crippen LogP contribution in [0.25, 0.3) is 0 Å². The number of aryl methyl sites for hydroxylation is 1. The highest BCUT2D eigenvalue weighted by molar-refractivity contribution is 6.21. The number of rotatable bonds is 3. The van der Waals surface area contributed by atoms with Gasteiger partial charge in [0.05, 0.1) is 5.38 Å². The second-order valence-electron chi connectivity index (χ2n) is 5.98. The van der Waals surface area contributed by atoms with E-state index in [1.54, 1.807) is 0 Å². The van der Waals surface area contributed by atoms with Gasteiger partial charge in [0, 0.05) is 12.1 Å². The number of hydrogen-bond acceptors (Lipinski definition) is 1. The molecule has 1 aromatic rings. The lowest BCUT2D eigenvalue weighted by Gasteiger charge is -2.29. The summed E-state index contributed by atoms with van der Waals surface area (Å²) in [4.78, 5) is 12.0. The van der Waals surface area contributed by atoms with E-state index in [4.69, 9.17) is 11.6 Å². The molecule has 0 spiro atoms. The van der Waals surface area contributed by atoms with E-state index in [-0.39, 0.29) is 16.7 Å². The first-order valence-electron chi connectivity index (χ1n) is 7.01. The minimum absolute atomic E-state index is 0.0248. The Morgan fingerprint density at radius 2 is 2.16 bits per heavy atom. The van der Waals surface area contributed by atoms with Gasteiger partial charge in [0.15, 0.2) is 0 Å². The number of hydrogen-bond donors (Lipinski definition) is 1. The van der Waals surface area contributed by atoms with Crippen LogP contribution in [0.4, 0.5) is 0 Å². The number of carbonyl (C=O) groups excluding carboxylic acids is 1. The maximum absolute atomic E-state index is 12.0. The highest BCUT2D eigenvalue weighted by Gasteiger charge is 2.28. The van der Waals surface area contributed by atoms with E-state index in [0.717, 1.165) is 42.5 Å². The molecule has 1 atom stereocenters. The van der Waals surface area contributed by atoms with Crippen LogP contribution in [0.5, 0.6) is 0 Å². The zero-order chi connectivity index (χ0) is 14.0. The van der Waals surface area contributed by atoms with E-state index in [1.165, 1.54) is 0 Å². The van der Waals surface area contributed by atoms with Crippen molar-refractivity contribution in [1.82, 2.24) is 5.32 Å². The van der Waals surface area contributed by atoms with E-state index in [9.17, 15) is 4.79 Å². The molecule has 19 heavy (non-hydrogen) atoms. The highest BCUT2D eigenvalue weighted by Crippen LogP contribution is 2.41. The third kappa shape index (κ3) is 2.94. The number of halogens is 1. The van der Waals surface area contributed by atoms with Gasteiger partial charge in [-0.05, 0) is 41.9 Å². The van der Waals surface area contributed by atoms with Gasteiger partial charge < -0.3 is 5.32 Å². The summed E-state index contributed by atoms with van der Waals surface area (Å²) in [6.45, 7) is 7.23. The number of carbonyl (C=O) groups is 1. The van der Waals surface area contributed by atoms with Crippen LogP contribution in [-0.4, -0.2) is 12.5 Å². The maximum atomic E-state index is 12.0. The number of fused-ring (bicyclic) bond motifs is 1. The second kappa shape index (κ2) is 5.54. The fraction of sp³-hybridized carbons (Fsp3) is 0.562. The summed E-state index contributed by atoms with van der Waals surface area (Å²) in [6.07, 6.45) is 2.96. The lowest BCUT2D eigenvalue weighted by atomic mass is 9.82. The molecule has 1 unspecified atom stereocenters. The first-order chi connectivity index (χ1) is 8.95. The van der Waals surface area contributed by atoms with E-state index in [2.05, 4.69) is 38.2 Å². The molecule has 1 aromatic carbocycles. The molecule has 2 nitrogen and oxygen atoms in total. The fourth-order valence-corrected chi connectivity index (χ4v) is 2.68. The molecule has 1 N–H and O–H groups in total. The molecule has 1 amide bonds. The molecule has 1 aliphatic heterocycles. The Kier molecular flexibility index (Phi) is 4.19. The summed E-state index contributed by atoms with van der Waals surface area (Å²) in [7, 11) is 0. The van der Waals surface area contributed by atoms with Gasteiger partial charge in [0.2, 0.25) is 0 Å². The van der Waals surface area contributed by atoms with Crippen molar-refractivity contribution in [3.05, 3.63) is 34.9 Å². The summed E-state index contributed by atoms with van der Waals surface area (Å²) in [5.74, 6) is 0.0347. The summed E-state index contributed by atoms with van der Waals surface area (Å²) in [5, 5.41) is 2.87. The van der Waals surface area contributed by atoms with Gasteiger partial charge in [-0.25, -0.2) is 0 Å². The first kappa shape index (κ1) is 14.4. The first-order valence-corrected chi connectivity index (χ1v) is 7.44. The molecule has 0 fully saturated rings. The van der Waals surface area contributed by atoms with Gasteiger partial charge in [0.1, 0.15) is 0 Å². The molecular formula is C16H22ClNO. The molecule has 2 rings (SSSR count). The van der Waals surface area contributed by atoms with Gasteiger partial charge in [-0.15, -0.1) is 11.6 Å². The van der Waals surface area contributed by atoms with Gasteiger partial charge in [-0.1, -0.05) is 32.9 Å². The Balaban J connectivity index is 2.37. The molecule has 0 radical (unpaired) electrons. The normalized spacial score (nSPS) is 17.4. The van der Waals surface area contributed by atoms with Crippen LogP contribution in [0, 0.1) is 5.41 Å². The summed E-state index contributed by atoms with van der Waals surface area (Å²) >= 11 is 6.60.